The molecule has 0 bridgehead atoms. The van der Waals surface area contributed by atoms with E-state index < -0.39 is 12.9 Å². The zero-order chi connectivity index (χ0) is 14.8. The van der Waals surface area contributed by atoms with Gasteiger partial charge < -0.3 is 10.0 Å². The van der Waals surface area contributed by atoms with Crippen LogP contribution >= 0.6 is 0 Å². The Bertz CT molecular complexity index is 501. The summed E-state index contributed by atoms with van der Waals surface area (Å²) in [5.74, 6) is -0.431. The van der Waals surface area contributed by atoms with E-state index in [1.165, 1.54) is 31.5 Å². The van der Waals surface area contributed by atoms with Crippen LogP contribution in [0.15, 0.2) is 18.2 Å². The molecule has 1 aromatic rings. The minimum Gasteiger partial charge on any atom is -0.423 e. The van der Waals surface area contributed by atoms with Crippen LogP contribution in [0.2, 0.25) is 0 Å². The summed E-state index contributed by atoms with van der Waals surface area (Å²) >= 11 is 0. The zero-order valence-corrected chi connectivity index (χ0v) is 12.2. The summed E-state index contributed by atoms with van der Waals surface area (Å²) in [5.41, 5.74) is 1.08. The van der Waals surface area contributed by atoms with E-state index in [0.29, 0.717) is 12.6 Å². The number of hydrogen-bond donors (Lipinski definition) is 2. The molecule has 0 radical (unpaired) electrons. The summed E-state index contributed by atoms with van der Waals surface area (Å²) in [6.45, 7) is 5.02. The van der Waals surface area contributed by atoms with Gasteiger partial charge in [0, 0.05) is 19.1 Å². The van der Waals surface area contributed by atoms with Crippen molar-refractivity contribution >= 4 is 12.6 Å². The SMILES string of the molecule is OB(O)c1cc(F)ccc1CN1CCCN2CCCC2C1. The van der Waals surface area contributed by atoms with Gasteiger partial charge in [0.2, 0.25) is 0 Å². The molecule has 2 heterocycles. The van der Waals surface area contributed by atoms with Crippen LogP contribution in [0.5, 0.6) is 0 Å². The molecule has 0 aliphatic carbocycles. The highest BCUT2D eigenvalue weighted by atomic mass is 19.1. The fourth-order valence-electron chi connectivity index (χ4n) is 3.62. The molecule has 21 heavy (non-hydrogen) atoms. The maximum absolute atomic E-state index is 13.3. The van der Waals surface area contributed by atoms with Crippen LogP contribution in [0.3, 0.4) is 0 Å². The smallest absolute Gasteiger partial charge is 0.423 e. The Morgan fingerprint density at radius 2 is 2.00 bits per heavy atom. The quantitative estimate of drug-likeness (QED) is 0.780. The molecule has 6 heteroatoms. The van der Waals surface area contributed by atoms with Crippen molar-refractivity contribution in [2.24, 2.45) is 0 Å². The summed E-state index contributed by atoms with van der Waals surface area (Å²) < 4.78 is 13.3. The molecule has 2 fully saturated rings. The van der Waals surface area contributed by atoms with Gasteiger partial charge in [-0.3, -0.25) is 9.80 Å². The van der Waals surface area contributed by atoms with E-state index in [4.69, 9.17) is 0 Å². The van der Waals surface area contributed by atoms with Crippen LogP contribution in [0.1, 0.15) is 24.8 Å². The fourth-order valence-corrected chi connectivity index (χ4v) is 3.62. The highest BCUT2D eigenvalue weighted by molar-refractivity contribution is 6.59. The van der Waals surface area contributed by atoms with E-state index in [2.05, 4.69) is 9.80 Å². The first-order valence-corrected chi connectivity index (χ1v) is 7.74. The fraction of sp³-hybridized carbons (Fsp3) is 0.600. The van der Waals surface area contributed by atoms with Crippen LogP contribution in [0.4, 0.5) is 4.39 Å². The molecule has 4 nitrogen and oxygen atoms in total. The van der Waals surface area contributed by atoms with Crippen LogP contribution in [-0.2, 0) is 6.54 Å². The highest BCUT2D eigenvalue weighted by Crippen LogP contribution is 2.22. The third kappa shape index (κ3) is 3.45. The van der Waals surface area contributed by atoms with E-state index in [1.54, 1.807) is 6.07 Å². The standard InChI is InChI=1S/C15H22BFN2O2/c17-13-5-4-12(15(9-13)16(20)21)10-18-6-2-8-19-7-1-3-14(19)11-18/h4-5,9,14,20-21H,1-3,6-8,10-11H2. The van der Waals surface area contributed by atoms with E-state index >= 15 is 0 Å². The number of benzene rings is 1. The van der Waals surface area contributed by atoms with Gasteiger partial charge in [0.05, 0.1) is 0 Å². The molecule has 0 spiro atoms. The maximum Gasteiger partial charge on any atom is 0.488 e. The normalized spacial score (nSPS) is 23.9. The molecule has 2 saturated heterocycles. The Kier molecular flexibility index (Phi) is 4.59. The summed E-state index contributed by atoms with van der Waals surface area (Å²) in [6, 6.07) is 4.90. The molecule has 0 amide bonds. The van der Waals surface area contributed by atoms with Gasteiger partial charge in [-0.15, -0.1) is 0 Å². The largest absolute Gasteiger partial charge is 0.488 e. The molecule has 2 N–H and O–H groups in total. The second kappa shape index (κ2) is 6.44. The molecular weight excluding hydrogens is 270 g/mol. The van der Waals surface area contributed by atoms with Crippen molar-refractivity contribution in [3.05, 3.63) is 29.6 Å². The number of nitrogens with zero attached hydrogens (tertiary/aromatic N) is 2. The van der Waals surface area contributed by atoms with Crippen LogP contribution in [0, 0.1) is 5.82 Å². The average Bonchev–Trinajstić information content (AvgIpc) is 2.79. The molecule has 0 saturated carbocycles. The van der Waals surface area contributed by atoms with Gasteiger partial charge in [-0.1, -0.05) is 6.07 Å². The predicted molar refractivity (Wildman–Crippen MR) is 80.7 cm³/mol. The van der Waals surface area contributed by atoms with Gasteiger partial charge in [0.25, 0.3) is 0 Å². The molecule has 3 rings (SSSR count). The van der Waals surface area contributed by atoms with Crippen molar-refractivity contribution in [3.63, 3.8) is 0 Å². The molecule has 2 aliphatic rings. The topological polar surface area (TPSA) is 46.9 Å². The molecular formula is C15H22BFN2O2. The lowest BCUT2D eigenvalue weighted by atomic mass is 9.77. The van der Waals surface area contributed by atoms with Crippen LogP contribution in [0.25, 0.3) is 0 Å². The summed E-state index contributed by atoms with van der Waals surface area (Å²) in [5, 5.41) is 18.9. The first-order chi connectivity index (χ1) is 10.1. The minimum absolute atomic E-state index is 0.280. The number of halogens is 1. The second-order valence-corrected chi connectivity index (χ2v) is 6.14. The summed E-state index contributed by atoms with van der Waals surface area (Å²) in [7, 11) is -1.62. The lowest BCUT2D eigenvalue weighted by Gasteiger charge is -2.26. The lowest BCUT2D eigenvalue weighted by Crippen LogP contribution is -2.39. The number of hydrogen-bond acceptors (Lipinski definition) is 4. The van der Waals surface area contributed by atoms with Crippen molar-refractivity contribution in [2.75, 3.05) is 26.2 Å². The van der Waals surface area contributed by atoms with E-state index in [-0.39, 0.29) is 5.46 Å². The van der Waals surface area contributed by atoms with E-state index in [1.807, 2.05) is 0 Å². The summed E-state index contributed by atoms with van der Waals surface area (Å²) in [4.78, 5) is 4.92. The zero-order valence-electron chi connectivity index (χ0n) is 12.2. The minimum atomic E-state index is -1.62. The number of fused-ring (bicyclic) bond motifs is 1. The van der Waals surface area contributed by atoms with Crippen molar-refractivity contribution in [1.29, 1.82) is 0 Å². The van der Waals surface area contributed by atoms with Crippen molar-refractivity contribution < 1.29 is 14.4 Å². The Balaban J connectivity index is 1.73. The van der Waals surface area contributed by atoms with Gasteiger partial charge in [-0.05, 0) is 62.1 Å². The van der Waals surface area contributed by atoms with Gasteiger partial charge in [-0.25, -0.2) is 4.39 Å². The van der Waals surface area contributed by atoms with Crippen LogP contribution < -0.4 is 5.46 Å². The molecule has 114 valence electrons. The molecule has 1 atom stereocenters. The van der Waals surface area contributed by atoms with Gasteiger partial charge in [0.15, 0.2) is 0 Å². The van der Waals surface area contributed by atoms with Crippen molar-refractivity contribution in [2.45, 2.75) is 31.8 Å². The van der Waals surface area contributed by atoms with E-state index in [9.17, 15) is 14.4 Å². The van der Waals surface area contributed by atoms with Gasteiger partial charge in [0.1, 0.15) is 5.82 Å². The third-order valence-corrected chi connectivity index (χ3v) is 4.67. The molecule has 1 unspecified atom stereocenters. The Hall–Kier alpha value is -0.945. The Labute approximate surface area is 125 Å². The highest BCUT2D eigenvalue weighted by Gasteiger charge is 2.29. The second-order valence-electron chi connectivity index (χ2n) is 6.14. The Morgan fingerprint density at radius 1 is 1.19 bits per heavy atom. The lowest BCUT2D eigenvalue weighted by molar-refractivity contribution is 0.215. The van der Waals surface area contributed by atoms with Gasteiger partial charge >= 0.3 is 7.12 Å². The molecule has 1 aromatic carbocycles. The first-order valence-electron chi connectivity index (χ1n) is 7.74. The summed E-state index contributed by atoms with van der Waals surface area (Å²) in [6.07, 6.45) is 3.65. The number of rotatable bonds is 3. The first kappa shape index (κ1) is 15.0. The maximum atomic E-state index is 13.3. The Morgan fingerprint density at radius 3 is 2.81 bits per heavy atom. The molecule has 0 aromatic heterocycles. The predicted octanol–water partition coefficient (Wildman–Crippen LogP) is 0.176. The average molecular weight is 292 g/mol. The third-order valence-electron chi connectivity index (χ3n) is 4.67. The van der Waals surface area contributed by atoms with Crippen LogP contribution in [-0.4, -0.2) is 59.2 Å². The van der Waals surface area contributed by atoms with Crippen molar-refractivity contribution in [1.82, 2.24) is 9.80 Å². The van der Waals surface area contributed by atoms with Gasteiger partial charge in [-0.2, -0.15) is 0 Å². The molecule has 2 aliphatic heterocycles. The van der Waals surface area contributed by atoms with Crippen molar-refractivity contribution in [3.8, 4) is 0 Å². The monoisotopic (exact) mass is 292 g/mol. The van der Waals surface area contributed by atoms with E-state index in [0.717, 1.165) is 31.6 Å².